The smallest absolute Gasteiger partial charge is 0.236 e. The minimum absolute atomic E-state index is 0.155. The number of carbonyl (C=O) groups is 1. The van der Waals surface area contributed by atoms with Crippen molar-refractivity contribution in [1.29, 1.82) is 0 Å². The highest BCUT2D eigenvalue weighted by atomic mass is 16.3. The van der Waals surface area contributed by atoms with Gasteiger partial charge < -0.3 is 10.0 Å². The first-order valence-corrected chi connectivity index (χ1v) is 6.63. The molecule has 2 unspecified atom stereocenters. The first-order valence-electron chi connectivity index (χ1n) is 6.63. The van der Waals surface area contributed by atoms with Gasteiger partial charge in [0.2, 0.25) is 5.91 Å². The van der Waals surface area contributed by atoms with E-state index in [0.717, 1.165) is 25.8 Å². The predicted octanol–water partition coefficient (Wildman–Crippen LogP) is 1.09. The minimum atomic E-state index is -0.282. The van der Waals surface area contributed by atoms with E-state index in [1.165, 1.54) is 12.8 Å². The van der Waals surface area contributed by atoms with Gasteiger partial charge in [-0.15, -0.1) is 0 Å². The van der Waals surface area contributed by atoms with Crippen LogP contribution in [0.2, 0.25) is 0 Å². The second kappa shape index (κ2) is 6.97. The van der Waals surface area contributed by atoms with Crippen LogP contribution >= 0.6 is 0 Å². The van der Waals surface area contributed by atoms with E-state index in [1.807, 2.05) is 6.92 Å². The van der Waals surface area contributed by atoms with Crippen LogP contribution in [0.3, 0.4) is 0 Å². The van der Waals surface area contributed by atoms with Crippen molar-refractivity contribution in [3.8, 4) is 0 Å². The summed E-state index contributed by atoms with van der Waals surface area (Å²) in [4.78, 5) is 15.7. The van der Waals surface area contributed by atoms with Crippen molar-refractivity contribution in [2.75, 3.05) is 27.2 Å². The van der Waals surface area contributed by atoms with Crippen LogP contribution in [0.4, 0.5) is 0 Å². The molecule has 1 aliphatic heterocycles. The quantitative estimate of drug-likeness (QED) is 0.802. The SMILES string of the molecule is CC(O)CC1CCCCCN1CC(=O)N(C)C. The summed E-state index contributed by atoms with van der Waals surface area (Å²) in [7, 11) is 3.59. The van der Waals surface area contributed by atoms with Gasteiger partial charge in [-0.25, -0.2) is 0 Å². The van der Waals surface area contributed by atoms with Crippen LogP contribution in [-0.2, 0) is 4.79 Å². The van der Waals surface area contributed by atoms with Crippen molar-refractivity contribution in [3.05, 3.63) is 0 Å². The summed E-state index contributed by atoms with van der Waals surface area (Å²) < 4.78 is 0. The van der Waals surface area contributed by atoms with Gasteiger partial charge >= 0.3 is 0 Å². The Morgan fingerprint density at radius 2 is 2.12 bits per heavy atom. The van der Waals surface area contributed by atoms with Crippen molar-refractivity contribution in [2.24, 2.45) is 0 Å². The molecule has 0 spiro atoms. The van der Waals surface area contributed by atoms with Crippen LogP contribution in [0.5, 0.6) is 0 Å². The highest BCUT2D eigenvalue weighted by molar-refractivity contribution is 5.77. The van der Waals surface area contributed by atoms with Crippen molar-refractivity contribution in [3.63, 3.8) is 0 Å². The highest BCUT2D eigenvalue weighted by Crippen LogP contribution is 2.20. The maximum absolute atomic E-state index is 11.8. The van der Waals surface area contributed by atoms with Crippen molar-refractivity contribution in [2.45, 2.75) is 51.2 Å². The lowest BCUT2D eigenvalue weighted by Crippen LogP contribution is -2.43. The monoisotopic (exact) mass is 242 g/mol. The van der Waals surface area contributed by atoms with E-state index in [9.17, 15) is 9.90 Å². The van der Waals surface area contributed by atoms with Gasteiger partial charge in [0.1, 0.15) is 0 Å². The number of aliphatic hydroxyl groups is 1. The molecule has 0 saturated carbocycles. The number of likely N-dealkylation sites (tertiary alicyclic amines) is 1. The molecule has 0 aromatic rings. The first-order chi connectivity index (χ1) is 8.00. The Morgan fingerprint density at radius 1 is 1.41 bits per heavy atom. The van der Waals surface area contributed by atoms with E-state index >= 15 is 0 Å². The lowest BCUT2D eigenvalue weighted by atomic mass is 10.0. The second-order valence-electron chi connectivity index (χ2n) is 5.35. The molecule has 0 bridgehead atoms. The number of rotatable bonds is 4. The number of aliphatic hydroxyl groups excluding tert-OH is 1. The molecule has 1 N–H and O–H groups in total. The van der Waals surface area contributed by atoms with Crippen LogP contribution in [0.1, 0.15) is 39.0 Å². The number of nitrogens with zero attached hydrogens (tertiary/aromatic N) is 2. The average molecular weight is 242 g/mol. The zero-order valence-corrected chi connectivity index (χ0v) is 11.4. The Hall–Kier alpha value is -0.610. The normalized spacial score (nSPS) is 24.1. The third-order valence-corrected chi connectivity index (χ3v) is 3.45. The molecule has 1 rings (SSSR count). The van der Waals surface area contributed by atoms with Gasteiger partial charge in [-0.2, -0.15) is 0 Å². The zero-order chi connectivity index (χ0) is 12.8. The Labute approximate surface area is 105 Å². The molecule has 1 saturated heterocycles. The van der Waals surface area contributed by atoms with E-state index < -0.39 is 0 Å². The molecule has 4 heteroatoms. The Balaban J connectivity index is 2.58. The summed E-state index contributed by atoms with van der Waals surface area (Å²) in [5.74, 6) is 0.155. The summed E-state index contributed by atoms with van der Waals surface area (Å²) in [6, 6.07) is 0.362. The standard InChI is InChI=1S/C13H26N2O2/c1-11(16)9-12-7-5-4-6-8-15(12)10-13(17)14(2)3/h11-12,16H,4-10H2,1-3H3. The van der Waals surface area contributed by atoms with E-state index in [-0.39, 0.29) is 12.0 Å². The molecule has 0 aromatic heterocycles. The molecule has 1 fully saturated rings. The van der Waals surface area contributed by atoms with Gasteiger partial charge in [0.05, 0.1) is 12.6 Å². The average Bonchev–Trinajstić information content (AvgIpc) is 2.43. The first kappa shape index (κ1) is 14.5. The van der Waals surface area contributed by atoms with Gasteiger partial charge in [-0.3, -0.25) is 9.69 Å². The molecule has 1 aliphatic rings. The molecule has 0 radical (unpaired) electrons. The maximum Gasteiger partial charge on any atom is 0.236 e. The highest BCUT2D eigenvalue weighted by Gasteiger charge is 2.24. The summed E-state index contributed by atoms with van der Waals surface area (Å²) >= 11 is 0. The molecule has 0 aliphatic carbocycles. The molecule has 100 valence electrons. The number of amides is 1. The Bertz CT molecular complexity index is 242. The molecule has 1 amide bonds. The lowest BCUT2D eigenvalue weighted by Gasteiger charge is -2.31. The number of carbonyl (C=O) groups excluding carboxylic acids is 1. The largest absolute Gasteiger partial charge is 0.393 e. The fourth-order valence-electron chi connectivity index (χ4n) is 2.42. The van der Waals surface area contributed by atoms with Crippen molar-refractivity contribution < 1.29 is 9.90 Å². The number of hydrogen-bond donors (Lipinski definition) is 1. The van der Waals surface area contributed by atoms with Crippen LogP contribution in [0, 0.1) is 0 Å². The van der Waals surface area contributed by atoms with Gasteiger partial charge in [0.25, 0.3) is 0 Å². The molecule has 0 aromatic carbocycles. The van der Waals surface area contributed by atoms with E-state index in [4.69, 9.17) is 0 Å². The van der Waals surface area contributed by atoms with Crippen molar-refractivity contribution in [1.82, 2.24) is 9.80 Å². The zero-order valence-electron chi connectivity index (χ0n) is 11.4. The lowest BCUT2D eigenvalue weighted by molar-refractivity contribution is -0.130. The number of likely N-dealkylation sites (N-methyl/N-ethyl adjacent to an activating group) is 1. The fraction of sp³-hybridized carbons (Fsp3) is 0.923. The number of hydrogen-bond acceptors (Lipinski definition) is 3. The molecule has 2 atom stereocenters. The summed E-state index contributed by atoms with van der Waals surface area (Å²) in [5, 5.41) is 9.54. The van der Waals surface area contributed by atoms with Crippen LogP contribution < -0.4 is 0 Å². The topological polar surface area (TPSA) is 43.8 Å². The van der Waals surface area contributed by atoms with Gasteiger partial charge in [0, 0.05) is 20.1 Å². The van der Waals surface area contributed by atoms with E-state index in [1.54, 1.807) is 19.0 Å². The predicted molar refractivity (Wildman–Crippen MR) is 68.8 cm³/mol. The second-order valence-corrected chi connectivity index (χ2v) is 5.35. The molecule has 1 heterocycles. The van der Waals surface area contributed by atoms with Gasteiger partial charge in [-0.1, -0.05) is 12.8 Å². The van der Waals surface area contributed by atoms with Gasteiger partial charge in [-0.05, 0) is 32.7 Å². The van der Waals surface area contributed by atoms with E-state index in [0.29, 0.717) is 12.6 Å². The van der Waals surface area contributed by atoms with Gasteiger partial charge in [0.15, 0.2) is 0 Å². The molecular formula is C13H26N2O2. The van der Waals surface area contributed by atoms with Crippen LogP contribution in [-0.4, -0.2) is 60.1 Å². The van der Waals surface area contributed by atoms with Crippen molar-refractivity contribution >= 4 is 5.91 Å². The minimum Gasteiger partial charge on any atom is -0.393 e. The third-order valence-electron chi connectivity index (χ3n) is 3.45. The maximum atomic E-state index is 11.8. The summed E-state index contributed by atoms with van der Waals surface area (Å²) in [6.07, 6.45) is 5.21. The summed E-state index contributed by atoms with van der Waals surface area (Å²) in [6.45, 7) is 3.30. The fourth-order valence-corrected chi connectivity index (χ4v) is 2.42. The summed E-state index contributed by atoms with van der Waals surface area (Å²) in [5.41, 5.74) is 0. The van der Waals surface area contributed by atoms with Crippen LogP contribution in [0.15, 0.2) is 0 Å². The third kappa shape index (κ3) is 5.04. The Kier molecular flexibility index (Phi) is 5.92. The molecule has 17 heavy (non-hydrogen) atoms. The van der Waals surface area contributed by atoms with E-state index in [2.05, 4.69) is 4.90 Å². The van der Waals surface area contributed by atoms with Crippen LogP contribution in [0.25, 0.3) is 0 Å². The Morgan fingerprint density at radius 3 is 2.71 bits per heavy atom. The molecule has 4 nitrogen and oxygen atoms in total. The molecular weight excluding hydrogens is 216 g/mol.